The number of aliphatic hydroxyl groups is 1. The Bertz CT molecular complexity index is 891. The van der Waals surface area contributed by atoms with Crippen LogP contribution in [0.25, 0.3) is 0 Å². The first kappa shape index (κ1) is 50.0. The first-order chi connectivity index (χ1) is 24.5. The molecule has 0 aliphatic rings. The molecule has 0 aromatic heterocycles. The highest BCUT2D eigenvalue weighted by molar-refractivity contribution is 7.45. The summed E-state index contributed by atoms with van der Waals surface area (Å²) < 4.78 is 23.1. The third-order valence-electron chi connectivity index (χ3n) is 9.41. The molecule has 0 spiro atoms. The van der Waals surface area contributed by atoms with Gasteiger partial charge in [0.25, 0.3) is 7.82 Å². The predicted molar refractivity (Wildman–Crippen MR) is 215 cm³/mol. The largest absolute Gasteiger partial charge is 0.756 e. The van der Waals surface area contributed by atoms with Crippen LogP contribution in [0.15, 0.2) is 24.3 Å². The predicted octanol–water partition coefficient (Wildman–Crippen LogP) is 10.7. The number of allylic oxidation sites excluding steroid dienone is 3. The summed E-state index contributed by atoms with van der Waals surface area (Å²) in [7, 11) is 1.26. The minimum atomic E-state index is -4.58. The van der Waals surface area contributed by atoms with Crippen LogP contribution in [0.5, 0.6) is 0 Å². The van der Waals surface area contributed by atoms with Gasteiger partial charge in [-0.15, -0.1) is 0 Å². The molecule has 0 heterocycles. The van der Waals surface area contributed by atoms with Crippen LogP contribution in [0.3, 0.4) is 0 Å². The first-order valence-electron chi connectivity index (χ1n) is 21.2. The van der Waals surface area contributed by atoms with Gasteiger partial charge >= 0.3 is 0 Å². The number of unbranched alkanes of at least 4 members (excludes halogenated alkanes) is 23. The molecule has 1 amide bonds. The molecule has 0 aliphatic heterocycles. The van der Waals surface area contributed by atoms with Crippen molar-refractivity contribution in [3.8, 4) is 0 Å². The lowest BCUT2D eigenvalue weighted by molar-refractivity contribution is -0.870. The van der Waals surface area contributed by atoms with Crippen molar-refractivity contribution in [1.29, 1.82) is 0 Å². The van der Waals surface area contributed by atoms with Gasteiger partial charge in [0.1, 0.15) is 13.2 Å². The number of phosphoric acid groups is 1. The second kappa shape index (κ2) is 34.7. The fraction of sp³-hybridized carbons (Fsp3) is 0.881. The zero-order valence-electron chi connectivity index (χ0n) is 34.1. The summed E-state index contributed by atoms with van der Waals surface area (Å²) in [6, 6.07) is -0.884. The second-order valence-corrected chi connectivity index (χ2v) is 17.1. The van der Waals surface area contributed by atoms with Gasteiger partial charge in [0.05, 0.1) is 39.9 Å². The Morgan fingerprint density at radius 3 is 1.53 bits per heavy atom. The third-order valence-corrected chi connectivity index (χ3v) is 10.4. The number of amides is 1. The van der Waals surface area contributed by atoms with E-state index in [-0.39, 0.29) is 19.1 Å². The van der Waals surface area contributed by atoms with Crippen LogP contribution in [0, 0.1) is 0 Å². The summed E-state index contributed by atoms with van der Waals surface area (Å²) in [6.45, 7) is 4.62. The number of aliphatic hydroxyl groups excluding tert-OH is 1. The summed E-state index contributed by atoms with van der Waals surface area (Å²) in [5.74, 6) is -0.204. The summed E-state index contributed by atoms with van der Waals surface area (Å²) in [5, 5.41) is 13.7. The highest BCUT2D eigenvalue weighted by atomic mass is 31.2. The monoisotopic (exact) mass is 743 g/mol. The van der Waals surface area contributed by atoms with E-state index in [1.165, 1.54) is 128 Å². The minimum absolute atomic E-state index is 0.00109. The molecule has 0 aromatic carbocycles. The summed E-state index contributed by atoms with van der Waals surface area (Å²) in [6.07, 6.45) is 39.3. The first-order valence-corrected chi connectivity index (χ1v) is 22.7. The van der Waals surface area contributed by atoms with Crippen molar-refractivity contribution in [3.63, 3.8) is 0 Å². The molecule has 302 valence electrons. The van der Waals surface area contributed by atoms with Crippen LogP contribution in [-0.4, -0.2) is 68.5 Å². The number of nitrogens with zero attached hydrogens (tertiary/aromatic N) is 1. The zero-order valence-corrected chi connectivity index (χ0v) is 35.0. The van der Waals surface area contributed by atoms with E-state index in [0.29, 0.717) is 17.4 Å². The average molecular weight is 743 g/mol. The van der Waals surface area contributed by atoms with Crippen LogP contribution in [0.2, 0.25) is 0 Å². The molecular weight excluding hydrogens is 659 g/mol. The van der Waals surface area contributed by atoms with Crippen LogP contribution in [0.4, 0.5) is 0 Å². The van der Waals surface area contributed by atoms with Gasteiger partial charge in [-0.25, -0.2) is 0 Å². The SMILES string of the molecule is CCCCCCCCC/C=C\CCCCCCCCCC(=O)NC(COP(=O)([O-])OCC[N+](C)(C)C)C(O)/C=C/CCCCCCCCCCC. The smallest absolute Gasteiger partial charge is 0.268 e. The zero-order chi connectivity index (χ0) is 37.9. The van der Waals surface area contributed by atoms with Crippen molar-refractivity contribution in [1.82, 2.24) is 5.32 Å². The Labute approximate surface area is 315 Å². The van der Waals surface area contributed by atoms with Gasteiger partial charge in [0, 0.05) is 6.42 Å². The highest BCUT2D eigenvalue weighted by Crippen LogP contribution is 2.38. The second-order valence-electron chi connectivity index (χ2n) is 15.7. The van der Waals surface area contributed by atoms with E-state index >= 15 is 0 Å². The average Bonchev–Trinajstić information content (AvgIpc) is 3.07. The maximum absolute atomic E-state index is 12.8. The van der Waals surface area contributed by atoms with E-state index in [4.69, 9.17) is 9.05 Å². The minimum Gasteiger partial charge on any atom is -0.756 e. The molecule has 3 unspecified atom stereocenters. The maximum Gasteiger partial charge on any atom is 0.268 e. The van der Waals surface area contributed by atoms with Crippen LogP contribution in [-0.2, 0) is 18.4 Å². The number of hydrogen-bond acceptors (Lipinski definition) is 6. The van der Waals surface area contributed by atoms with E-state index in [1.807, 2.05) is 27.2 Å². The number of hydrogen-bond donors (Lipinski definition) is 2. The van der Waals surface area contributed by atoms with Gasteiger partial charge < -0.3 is 28.8 Å². The van der Waals surface area contributed by atoms with Gasteiger partial charge in [-0.3, -0.25) is 9.36 Å². The molecule has 9 heteroatoms. The normalized spacial score (nSPS) is 14.7. The number of nitrogens with one attached hydrogen (secondary N) is 1. The van der Waals surface area contributed by atoms with Crippen molar-refractivity contribution < 1.29 is 32.9 Å². The van der Waals surface area contributed by atoms with Gasteiger partial charge in [-0.1, -0.05) is 160 Å². The summed E-state index contributed by atoms with van der Waals surface area (Å²) in [4.78, 5) is 25.2. The van der Waals surface area contributed by atoms with Gasteiger partial charge in [-0.2, -0.15) is 0 Å². The molecule has 0 radical (unpaired) electrons. The van der Waals surface area contributed by atoms with Crippen LogP contribution < -0.4 is 10.2 Å². The maximum atomic E-state index is 12.8. The van der Waals surface area contributed by atoms with E-state index in [9.17, 15) is 19.4 Å². The van der Waals surface area contributed by atoms with Crippen LogP contribution in [0.1, 0.15) is 187 Å². The van der Waals surface area contributed by atoms with Crippen LogP contribution >= 0.6 is 7.82 Å². The number of quaternary nitrogens is 1. The molecule has 0 fully saturated rings. The van der Waals surface area contributed by atoms with Crippen molar-refractivity contribution >= 4 is 13.7 Å². The quantitative estimate of drug-likeness (QED) is 0.0282. The Morgan fingerprint density at radius 2 is 1.08 bits per heavy atom. The van der Waals surface area contributed by atoms with Crippen molar-refractivity contribution in [3.05, 3.63) is 24.3 Å². The fourth-order valence-electron chi connectivity index (χ4n) is 5.97. The van der Waals surface area contributed by atoms with Gasteiger partial charge in [0.2, 0.25) is 5.91 Å². The highest BCUT2D eigenvalue weighted by Gasteiger charge is 2.23. The fourth-order valence-corrected chi connectivity index (χ4v) is 6.69. The van der Waals surface area contributed by atoms with E-state index in [1.54, 1.807) is 6.08 Å². The van der Waals surface area contributed by atoms with Gasteiger partial charge in [0.15, 0.2) is 0 Å². The standard InChI is InChI=1S/C42H83N2O6P/c1-6-8-10-12-14-16-18-19-20-21-22-23-24-26-28-30-32-34-36-42(46)43-40(39-50-51(47,48)49-38-37-44(3,4)5)41(45)35-33-31-29-27-25-17-15-13-11-9-7-2/h20-21,33,35,40-41,45H,6-19,22-32,34,36-39H2,1-5H3,(H-,43,46,47,48)/b21-20-,35-33+. The third kappa shape index (κ3) is 37.1. The molecule has 0 bridgehead atoms. The lowest BCUT2D eigenvalue weighted by Gasteiger charge is -2.29. The summed E-state index contributed by atoms with van der Waals surface area (Å²) >= 11 is 0. The molecule has 3 atom stereocenters. The number of carbonyl (C=O) groups excluding carboxylic acids is 1. The number of carbonyl (C=O) groups is 1. The number of likely N-dealkylation sites (N-methyl/N-ethyl adjacent to an activating group) is 1. The molecule has 8 nitrogen and oxygen atoms in total. The Balaban J connectivity index is 4.40. The Morgan fingerprint density at radius 1 is 0.667 bits per heavy atom. The lowest BCUT2D eigenvalue weighted by atomic mass is 10.1. The van der Waals surface area contributed by atoms with Crippen molar-refractivity contribution in [2.45, 2.75) is 199 Å². The van der Waals surface area contributed by atoms with Gasteiger partial charge in [-0.05, 0) is 44.9 Å². The molecular formula is C42H83N2O6P. The molecule has 51 heavy (non-hydrogen) atoms. The number of rotatable bonds is 38. The number of phosphoric ester groups is 1. The molecule has 0 saturated heterocycles. The Hall–Kier alpha value is -1.02. The van der Waals surface area contributed by atoms with E-state index in [2.05, 4.69) is 31.3 Å². The Kier molecular flexibility index (Phi) is 34.0. The molecule has 0 rings (SSSR count). The summed E-state index contributed by atoms with van der Waals surface area (Å²) in [5.41, 5.74) is 0. The topological polar surface area (TPSA) is 108 Å². The molecule has 0 aliphatic carbocycles. The van der Waals surface area contributed by atoms with E-state index < -0.39 is 20.0 Å². The molecule has 0 aromatic rings. The van der Waals surface area contributed by atoms with Crippen molar-refractivity contribution in [2.75, 3.05) is 40.9 Å². The van der Waals surface area contributed by atoms with E-state index in [0.717, 1.165) is 38.5 Å². The molecule has 0 saturated carbocycles. The lowest BCUT2D eigenvalue weighted by Crippen LogP contribution is -2.45. The van der Waals surface area contributed by atoms with Crippen molar-refractivity contribution in [2.24, 2.45) is 0 Å². The molecule has 2 N–H and O–H groups in total.